The first-order chi connectivity index (χ1) is 20.5. The van der Waals surface area contributed by atoms with Gasteiger partial charge in [-0.1, -0.05) is 35.4 Å². The minimum atomic E-state index is -4.46. The van der Waals surface area contributed by atoms with Crippen LogP contribution in [0.5, 0.6) is 11.5 Å². The molecule has 3 N–H and O–H groups in total. The Hall–Kier alpha value is -5.23. The fourth-order valence-corrected chi connectivity index (χ4v) is 4.93. The summed E-state index contributed by atoms with van der Waals surface area (Å²) in [6, 6.07) is 25.7. The third-order valence-corrected chi connectivity index (χ3v) is 7.29. The molecule has 0 unspecified atom stereocenters. The Morgan fingerprint density at radius 1 is 0.907 bits per heavy atom. The molecule has 0 bridgehead atoms. The highest BCUT2D eigenvalue weighted by molar-refractivity contribution is 7.18. The molecule has 0 atom stereocenters. The van der Waals surface area contributed by atoms with Gasteiger partial charge in [0.15, 0.2) is 5.01 Å². The lowest BCUT2D eigenvalue weighted by Gasteiger charge is -2.10. The normalized spacial score (nSPS) is 11.7. The number of rotatable bonds is 9. The molecule has 8 nitrogen and oxygen atoms in total. The molecule has 0 spiro atoms. The lowest BCUT2D eigenvalue weighted by Crippen LogP contribution is -2.32. The van der Waals surface area contributed by atoms with Crippen LogP contribution >= 0.6 is 11.3 Å². The Kier molecular flexibility index (Phi) is 8.39. The fourth-order valence-electron chi connectivity index (χ4n) is 3.99. The summed E-state index contributed by atoms with van der Waals surface area (Å²) in [4.78, 5) is 11.0. The number of anilines is 3. The van der Waals surface area contributed by atoms with E-state index in [4.69, 9.17) is 9.84 Å². The average Bonchev–Trinajstić information content (AvgIpc) is 3.35. The van der Waals surface area contributed by atoms with E-state index in [2.05, 4.69) is 20.9 Å². The maximum atomic E-state index is 13.1. The number of hydrogen-bond donors (Lipinski definition) is 3. The first-order valence-corrected chi connectivity index (χ1v) is 13.7. The number of aromatic carboxylic acids is 1. The standard InChI is InChI=1S/C31H24F3N5O3S/c1-19(36-37-24-14-12-20(13-15-24)29(40)41)21-6-3-9-25(16-21)35-30-39(2)38-28(43-30)22-7-4-10-26(17-22)42-27-11-5-8-23(18-27)31(32,33)34/h3-18,37H,1-2H3,(H,40,41)/p+1. The molecule has 12 heteroatoms. The second-order valence-electron chi connectivity index (χ2n) is 9.39. The summed E-state index contributed by atoms with van der Waals surface area (Å²) in [5.74, 6) is -0.518. The number of hydrazone groups is 1. The molecule has 218 valence electrons. The lowest BCUT2D eigenvalue weighted by molar-refractivity contribution is -0.711. The Balaban J connectivity index is 1.29. The van der Waals surface area contributed by atoms with Crippen molar-refractivity contribution in [2.75, 3.05) is 10.7 Å². The van der Waals surface area contributed by atoms with Gasteiger partial charge in [0, 0.05) is 11.1 Å². The maximum absolute atomic E-state index is 13.1. The van der Waals surface area contributed by atoms with Gasteiger partial charge in [-0.25, -0.2) is 10.1 Å². The van der Waals surface area contributed by atoms with Crippen LogP contribution < -0.4 is 20.2 Å². The van der Waals surface area contributed by atoms with Crippen LogP contribution in [-0.2, 0) is 13.2 Å². The van der Waals surface area contributed by atoms with Crippen LogP contribution in [-0.4, -0.2) is 21.9 Å². The third-order valence-electron chi connectivity index (χ3n) is 6.22. The SMILES string of the molecule is CC(=NNc1ccc(C(=O)O)cc1)c1cccc(Nc2sc(-c3cccc(Oc4cccc(C(F)(F)F)c4)c3)n[n+]2C)c1. The van der Waals surface area contributed by atoms with Gasteiger partial charge in [-0.05, 0) is 85.0 Å². The Morgan fingerprint density at radius 3 is 2.33 bits per heavy atom. The summed E-state index contributed by atoms with van der Waals surface area (Å²) in [6.45, 7) is 1.86. The summed E-state index contributed by atoms with van der Waals surface area (Å²) in [5, 5.41) is 22.9. The van der Waals surface area contributed by atoms with Crippen molar-refractivity contribution in [1.29, 1.82) is 0 Å². The quantitative estimate of drug-likeness (QED) is 0.0905. The van der Waals surface area contributed by atoms with Crippen LogP contribution in [0.4, 0.5) is 29.7 Å². The van der Waals surface area contributed by atoms with Crippen molar-refractivity contribution in [1.82, 2.24) is 5.10 Å². The van der Waals surface area contributed by atoms with E-state index >= 15 is 0 Å². The summed E-state index contributed by atoms with van der Waals surface area (Å²) < 4.78 is 46.7. The topological polar surface area (TPSA) is 99.7 Å². The number of benzene rings is 4. The molecule has 0 aliphatic rings. The number of alkyl halides is 3. The molecule has 5 rings (SSSR count). The summed E-state index contributed by atoms with van der Waals surface area (Å²) in [6.07, 6.45) is -4.46. The predicted molar refractivity (Wildman–Crippen MR) is 159 cm³/mol. The smallest absolute Gasteiger partial charge is 0.416 e. The average molecular weight is 605 g/mol. The number of hydrogen-bond acceptors (Lipinski definition) is 7. The highest BCUT2D eigenvalue weighted by Gasteiger charge is 2.30. The minimum Gasteiger partial charge on any atom is -0.478 e. The Morgan fingerprint density at radius 2 is 1.60 bits per heavy atom. The molecular weight excluding hydrogens is 579 g/mol. The number of aryl methyl sites for hydroxylation is 1. The van der Waals surface area contributed by atoms with Gasteiger partial charge in [0.1, 0.15) is 24.2 Å². The number of halogens is 3. The van der Waals surface area contributed by atoms with Crippen LogP contribution in [0.15, 0.2) is 102 Å². The van der Waals surface area contributed by atoms with E-state index in [1.54, 1.807) is 42.1 Å². The van der Waals surface area contributed by atoms with E-state index in [9.17, 15) is 18.0 Å². The minimum absolute atomic E-state index is 0.0871. The summed E-state index contributed by atoms with van der Waals surface area (Å²) in [7, 11) is 1.81. The summed E-state index contributed by atoms with van der Waals surface area (Å²) in [5.41, 5.74) is 6.16. The Labute approximate surface area is 248 Å². The molecule has 1 aromatic heterocycles. The fraction of sp³-hybridized carbons (Fsp3) is 0.0968. The number of carboxylic acids is 1. The van der Waals surface area contributed by atoms with Gasteiger partial charge in [0.05, 0.1) is 22.5 Å². The zero-order chi connectivity index (χ0) is 30.6. The van der Waals surface area contributed by atoms with Crippen LogP contribution in [0, 0.1) is 0 Å². The number of aromatic nitrogens is 2. The van der Waals surface area contributed by atoms with Crippen LogP contribution in [0.3, 0.4) is 0 Å². The predicted octanol–water partition coefficient (Wildman–Crippen LogP) is 7.72. The van der Waals surface area contributed by atoms with Crippen molar-refractivity contribution in [3.63, 3.8) is 0 Å². The van der Waals surface area contributed by atoms with Gasteiger partial charge in [-0.15, -0.1) is 4.68 Å². The van der Waals surface area contributed by atoms with Gasteiger partial charge in [-0.3, -0.25) is 5.43 Å². The van der Waals surface area contributed by atoms with E-state index in [1.165, 1.54) is 35.6 Å². The highest BCUT2D eigenvalue weighted by Crippen LogP contribution is 2.34. The van der Waals surface area contributed by atoms with E-state index in [-0.39, 0.29) is 11.3 Å². The zero-order valence-corrected chi connectivity index (χ0v) is 23.7. The van der Waals surface area contributed by atoms with E-state index in [0.29, 0.717) is 16.4 Å². The van der Waals surface area contributed by atoms with Crippen molar-refractivity contribution in [2.24, 2.45) is 12.1 Å². The van der Waals surface area contributed by atoms with Gasteiger partial charge >= 0.3 is 17.3 Å². The first-order valence-electron chi connectivity index (χ1n) is 12.9. The number of ether oxygens (including phenoxy) is 1. The second kappa shape index (κ2) is 12.3. The molecule has 4 aromatic carbocycles. The van der Waals surface area contributed by atoms with Crippen LogP contribution in [0.1, 0.15) is 28.4 Å². The molecule has 0 saturated heterocycles. The monoisotopic (exact) mass is 604 g/mol. The largest absolute Gasteiger partial charge is 0.478 e. The number of nitrogens with zero attached hydrogens (tertiary/aromatic N) is 3. The molecule has 0 saturated carbocycles. The molecule has 5 aromatic rings. The van der Waals surface area contributed by atoms with E-state index < -0.39 is 17.7 Å². The zero-order valence-electron chi connectivity index (χ0n) is 22.9. The van der Waals surface area contributed by atoms with Crippen molar-refractivity contribution >= 4 is 39.5 Å². The molecule has 0 fully saturated rings. The number of nitrogens with one attached hydrogen (secondary N) is 2. The van der Waals surface area contributed by atoms with Crippen molar-refractivity contribution in [3.05, 3.63) is 114 Å². The molecule has 0 amide bonds. The molecule has 0 aliphatic heterocycles. The van der Waals surface area contributed by atoms with Gasteiger partial charge < -0.3 is 9.84 Å². The van der Waals surface area contributed by atoms with Gasteiger partial charge in [0.25, 0.3) is 0 Å². The van der Waals surface area contributed by atoms with E-state index in [1.807, 2.05) is 37.3 Å². The highest BCUT2D eigenvalue weighted by atomic mass is 32.1. The van der Waals surface area contributed by atoms with Crippen molar-refractivity contribution in [3.8, 4) is 22.1 Å². The molecule has 0 radical (unpaired) electrons. The Bertz CT molecular complexity index is 1800. The molecule has 1 heterocycles. The van der Waals surface area contributed by atoms with E-state index in [0.717, 1.165) is 39.8 Å². The first kappa shape index (κ1) is 29.3. The van der Waals surface area contributed by atoms with Crippen molar-refractivity contribution < 1.29 is 32.5 Å². The second-order valence-corrected chi connectivity index (χ2v) is 10.4. The van der Waals surface area contributed by atoms with Gasteiger partial charge in [-0.2, -0.15) is 18.3 Å². The number of carbonyl (C=O) groups is 1. The maximum Gasteiger partial charge on any atom is 0.416 e. The lowest BCUT2D eigenvalue weighted by atomic mass is 10.1. The van der Waals surface area contributed by atoms with Crippen molar-refractivity contribution in [2.45, 2.75) is 13.1 Å². The van der Waals surface area contributed by atoms with Crippen LogP contribution in [0.25, 0.3) is 10.6 Å². The van der Waals surface area contributed by atoms with Crippen LogP contribution in [0.2, 0.25) is 0 Å². The molecule has 0 aliphatic carbocycles. The number of carboxylic acid groups (broad SMARTS) is 1. The van der Waals surface area contributed by atoms with Gasteiger partial charge in [0.2, 0.25) is 0 Å². The molecule has 43 heavy (non-hydrogen) atoms. The summed E-state index contributed by atoms with van der Waals surface area (Å²) >= 11 is 1.41. The molecular formula is C31H25F3N5O3S+. The third kappa shape index (κ3) is 7.35.